The van der Waals surface area contributed by atoms with E-state index in [1.54, 1.807) is 0 Å². The summed E-state index contributed by atoms with van der Waals surface area (Å²) in [5, 5.41) is 13.6. The van der Waals surface area contributed by atoms with Gasteiger partial charge in [-0.25, -0.2) is 0 Å². The lowest BCUT2D eigenvalue weighted by Gasteiger charge is -2.33. The number of rotatable bonds is 5. The fourth-order valence-electron chi connectivity index (χ4n) is 2.98. The molecule has 19 heavy (non-hydrogen) atoms. The van der Waals surface area contributed by atoms with Crippen LogP contribution in [0.25, 0.3) is 0 Å². The molecule has 0 saturated heterocycles. The van der Waals surface area contributed by atoms with Gasteiger partial charge in [0.1, 0.15) is 0 Å². The van der Waals surface area contributed by atoms with Crippen LogP contribution in [0, 0.1) is 5.92 Å². The van der Waals surface area contributed by atoms with Crippen LogP contribution >= 0.6 is 0 Å². The summed E-state index contributed by atoms with van der Waals surface area (Å²) in [5.41, 5.74) is 1.44. The van der Waals surface area contributed by atoms with E-state index in [9.17, 15) is 5.11 Å². The van der Waals surface area contributed by atoms with E-state index in [2.05, 4.69) is 49.5 Å². The van der Waals surface area contributed by atoms with Gasteiger partial charge >= 0.3 is 0 Å². The molecule has 1 saturated carbocycles. The Hall–Kier alpha value is -0.860. The lowest BCUT2D eigenvalue weighted by Crippen LogP contribution is -2.42. The van der Waals surface area contributed by atoms with Gasteiger partial charge in [-0.2, -0.15) is 0 Å². The van der Waals surface area contributed by atoms with Gasteiger partial charge in [-0.05, 0) is 30.2 Å². The van der Waals surface area contributed by atoms with Crippen molar-refractivity contribution in [2.24, 2.45) is 5.92 Å². The summed E-state index contributed by atoms with van der Waals surface area (Å²) in [4.78, 5) is 0. The van der Waals surface area contributed by atoms with Crippen LogP contribution in [0.15, 0.2) is 30.3 Å². The standard InChI is InChI=1S/C17H27NO/c1-13(2)17(19)12-18-16-11-7-6-10-15(16)14-8-4-3-5-9-14/h3-5,8-9,13,15-19H,6-7,10-12H2,1-2H3. The van der Waals surface area contributed by atoms with E-state index in [0.717, 1.165) is 0 Å². The zero-order chi connectivity index (χ0) is 13.7. The first kappa shape index (κ1) is 14.5. The zero-order valence-electron chi connectivity index (χ0n) is 12.2. The van der Waals surface area contributed by atoms with E-state index in [1.165, 1.54) is 31.2 Å². The second-order valence-corrected chi connectivity index (χ2v) is 6.13. The van der Waals surface area contributed by atoms with Gasteiger partial charge in [-0.3, -0.25) is 0 Å². The molecule has 0 aromatic heterocycles. The third-order valence-electron chi connectivity index (χ3n) is 4.35. The first-order valence-electron chi connectivity index (χ1n) is 7.65. The van der Waals surface area contributed by atoms with Gasteiger partial charge in [0.25, 0.3) is 0 Å². The maximum atomic E-state index is 9.95. The number of benzene rings is 1. The first-order chi connectivity index (χ1) is 9.18. The van der Waals surface area contributed by atoms with Gasteiger partial charge in [0, 0.05) is 12.6 Å². The third kappa shape index (κ3) is 4.05. The predicted molar refractivity (Wildman–Crippen MR) is 80.3 cm³/mol. The van der Waals surface area contributed by atoms with E-state index in [0.29, 0.717) is 24.4 Å². The van der Waals surface area contributed by atoms with Crippen LogP contribution in [0.2, 0.25) is 0 Å². The minimum atomic E-state index is -0.238. The third-order valence-corrected chi connectivity index (χ3v) is 4.35. The van der Waals surface area contributed by atoms with Crippen LogP contribution in [-0.2, 0) is 0 Å². The van der Waals surface area contributed by atoms with Crippen molar-refractivity contribution in [1.29, 1.82) is 0 Å². The van der Waals surface area contributed by atoms with Gasteiger partial charge in [-0.15, -0.1) is 0 Å². The van der Waals surface area contributed by atoms with E-state index in [4.69, 9.17) is 0 Å². The summed E-state index contributed by atoms with van der Waals surface area (Å²) >= 11 is 0. The molecule has 0 aliphatic heterocycles. The zero-order valence-corrected chi connectivity index (χ0v) is 12.2. The first-order valence-corrected chi connectivity index (χ1v) is 7.65. The highest BCUT2D eigenvalue weighted by molar-refractivity contribution is 5.22. The number of aliphatic hydroxyl groups excluding tert-OH is 1. The maximum absolute atomic E-state index is 9.95. The lowest BCUT2D eigenvalue weighted by molar-refractivity contribution is 0.116. The second kappa shape index (κ2) is 7.06. The molecule has 2 nitrogen and oxygen atoms in total. The largest absolute Gasteiger partial charge is 0.392 e. The second-order valence-electron chi connectivity index (χ2n) is 6.13. The van der Waals surface area contributed by atoms with Gasteiger partial charge in [0.2, 0.25) is 0 Å². The number of hydrogen-bond donors (Lipinski definition) is 2. The Balaban J connectivity index is 1.97. The van der Waals surface area contributed by atoms with Crippen LogP contribution in [0.4, 0.5) is 0 Å². The van der Waals surface area contributed by atoms with Gasteiger partial charge < -0.3 is 10.4 Å². The SMILES string of the molecule is CC(C)C(O)CNC1CCCCC1c1ccccc1. The van der Waals surface area contributed by atoms with Gasteiger partial charge in [0.05, 0.1) is 6.10 Å². The Morgan fingerprint density at radius 3 is 2.53 bits per heavy atom. The molecule has 0 heterocycles. The summed E-state index contributed by atoms with van der Waals surface area (Å²) in [6.07, 6.45) is 4.88. The molecule has 3 unspecified atom stereocenters. The average molecular weight is 261 g/mol. The fraction of sp³-hybridized carbons (Fsp3) is 0.647. The molecule has 2 N–H and O–H groups in total. The minimum absolute atomic E-state index is 0.238. The number of hydrogen-bond acceptors (Lipinski definition) is 2. The van der Waals surface area contributed by atoms with E-state index < -0.39 is 0 Å². The van der Waals surface area contributed by atoms with Gasteiger partial charge in [0.15, 0.2) is 0 Å². The molecule has 106 valence electrons. The monoisotopic (exact) mass is 261 g/mol. The highest BCUT2D eigenvalue weighted by Gasteiger charge is 2.26. The molecule has 1 aromatic rings. The molecular weight excluding hydrogens is 234 g/mol. The molecule has 2 heteroatoms. The van der Waals surface area contributed by atoms with Crippen molar-refractivity contribution < 1.29 is 5.11 Å². The summed E-state index contributed by atoms with van der Waals surface area (Å²) in [5.74, 6) is 0.931. The smallest absolute Gasteiger partial charge is 0.0687 e. The van der Waals surface area contributed by atoms with Crippen LogP contribution in [0.1, 0.15) is 51.0 Å². The molecule has 1 aliphatic carbocycles. The fourth-order valence-corrected chi connectivity index (χ4v) is 2.98. The Bertz CT molecular complexity index is 363. The average Bonchev–Trinajstić information content (AvgIpc) is 2.46. The Kier molecular flexibility index (Phi) is 5.41. The Morgan fingerprint density at radius 2 is 1.84 bits per heavy atom. The molecule has 0 amide bonds. The van der Waals surface area contributed by atoms with Crippen molar-refractivity contribution in [2.45, 2.75) is 57.6 Å². The van der Waals surface area contributed by atoms with Crippen molar-refractivity contribution in [3.63, 3.8) is 0 Å². The topological polar surface area (TPSA) is 32.3 Å². The lowest BCUT2D eigenvalue weighted by atomic mass is 9.80. The van der Waals surface area contributed by atoms with E-state index in [-0.39, 0.29) is 6.10 Å². The van der Waals surface area contributed by atoms with E-state index in [1.807, 2.05) is 0 Å². The molecule has 0 bridgehead atoms. The van der Waals surface area contributed by atoms with Crippen molar-refractivity contribution in [3.05, 3.63) is 35.9 Å². The Morgan fingerprint density at radius 1 is 1.16 bits per heavy atom. The van der Waals surface area contributed by atoms with Crippen molar-refractivity contribution in [3.8, 4) is 0 Å². The minimum Gasteiger partial charge on any atom is -0.392 e. The molecular formula is C17H27NO. The molecule has 0 spiro atoms. The molecule has 1 aromatic carbocycles. The normalized spacial score (nSPS) is 25.5. The number of nitrogens with one attached hydrogen (secondary N) is 1. The van der Waals surface area contributed by atoms with Crippen molar-refractivity contribution in [2.75, 3.05) is 6.54 Å². The molecule has 1 fully saturated rings. The molecule has 1 aliphatic rings. The van der Waals surface area contributed by atoms with Crippen LogP contribution < -0.4 is 5.32 Å². The molecule has 3 atom stereocenters. The highest BCUT2D eigenvalue weighted by Crippen LogP contribution is 2.32. The van der Waals surface area contributed by atoms with Crippen molar-refractivity contribution >= 4 is 0 Å². The van der Waals surface area contributed by atoms with Crippen LogP contribution in [0.3, 0.4) is 0 Å². The number of aliphatic hydroxyl groups is 1. The van der Waals surface area contributed by atoms with Crippen molar-refractivity contribution in [1.82, 2.24) is 5.32 Å². The molecule has 2 rings (SSSR count). The summed E-state index contributed by atoms with van der Waals surface area (Å²) in [7, 11) is 0. The van der Waals surface area contributed by atoms with Crippen LogP contribution in [-0.4, -0.2) is 23.8 Å². The van der Waals surface area contributed by atoms with Gasteiger partial charge in [-0.1, -0.05) is 57.0 Å². The predicted octanol–water partition coefficient (Wildman–Crippen LogP) is 3.32. The van der Waals surface area contributed by atoms with E-state index >= 15 is 0 Å². The maximum Gasteiger partial charge on any atom is 0.0687 e. The highest BCUT2D eigenvalue weighted by atomic mass is 16.3. The Labute approximate surface area is 117 Å². The summed E-state index contributed by atoms with van der Waals surface area (Å²) < 4.78 is 0. The quantitative estimate of drug-likeness (QED) is 0.852. The summed E-state index contributed by atoms with van der Waals surface area (Å²) in [6.45, 7) is 4.86. The molecule has 0 radical (unpaired) electrons. The summed E-state index contributed by atoms with van der Waals surface area (Å²) in [6, 6.07) is 11.3. The van der Waals surface area contributed by atoms with Crippen LogP contribution in [0.5, 0.6) is 0 Å².